The summed E-state index contributed by atoms with van der Waals surface area (Å²) in [7, 11) is -3.69. The van der Waals surface area contributed by atoms with E-state index in [-0.39, 0.29) is 47.0 Å². The number of carbonyl (C=O) groups excluding carboxylic acids is 3. The van der Waals surface area contributed by atoms with Crippen LogP contribution in [0.2, 0.25) is 0 Å². The molecule has 2 aliphatic heterocycles. The molecule has 0 radical (unpaired) electrons. The third kappa shape index (κ3) is 6.27. The van der Waals surface area contributed by atoms with E-state index in [4.69, 9.17) is 0 Å². The van der Waals surface area contributed by atoms with Crippen LogP contribution in [0.1, 0.15) is 54.4 Å². The Morgan fingerprint density at radius 3 is 2.39 bits per heavy atom. The standard InChI is InChI=1S/C29H32F3N3O5S/c30-29(31,32)21-7-4-6-19(16-21)27(37)33-24-13-15-35(28(24)38)25-12-11-22(34-14-5-10-26(34)36)17-20(25)18-41(39,40)23-8-2-1-3-9-23/h1-4,6-9,16,20,22,24-25H,5,10-15,17-18H2,(H,33,37)/t20-,22+,24?,25-/m0/s1. The van der Waals surface area contributed by atoms with Crippen LogP contribution in [-0.2, 0) is 25.6 Å². The lowest BCUT2D eigenvalue weighted by Crippen LogP contribution is -2.53. The number of rotatable bonds is 7. The minimum atomic E-state index is -4.61. The molecule has 3 aliphatic rings. The fourth-order valence-electron chi connectivity index (χ4n) is 6.40. The summed E-state index contributed by atoms with van der Waals surface area (Å²) in [6.07, 6.45) is -1.54. The quantitative estimate of drug-likeness (QED) is 0.530. The zero-order valence-electron chi connectivity index (χ0n) is 22.3. The van der Waals surface area contributed by atoms with E-state index >= 15 is 0 Å². The monoisotopic (exact) mass is 591 g/mol. The number of halogens is 3. The fourth-order valence-corrected chi connectivity index (χ4v) is 8.09. The van der Waals surface area contributed by atoms with E-state index in [0.717, 1.165) is 24.6 Å². The van der Waals surface area contributed by atoms with Gasteiger partial charge in [0.1, 0.15) is 6.04 Å². The highest BCUT2D eigenvalue weighted by Gasteiger charge is 2.45. The summed E-state index contributed by atoms with van der Waals surface area (Å²) in [6, 6.07) is 10.7. The van der Waals surface area contributed by atoms with Crippen molar-refractivity contribution < 1.29 is 36.0 Å². The molecule has 1 unspecified atom stereocenters. The van der Waals surface area contributed by atoms with Crippen LogP contribution in [0.5, 0.6) is 0 Å². The normalized spacial score (nSPS) is 25.5. The average molecular weight is 592 g/mol. The summed E-state index contributed by atoms with van der Waals surface area (Å²) in [5.74, 6) is -1.73. The highest BCUT2D eigenvalue weighted by atomic mass is 32.2. The Hall–Kier alpha value is -3.41. The number of hydrogen-bond donors (Lipinski definition) is 1. The Morgan fingerprint density at radius 1 is 0.951 bits per heavy atom. The van der Waals surface area contributed by atoms with Gasteiger partial charge in [-0.15, -0.1) is 0 Å². The van der Waals surface area contributed by atoms with Gasteiger partial charge >= 0.3 is 6.18 Å². The Balaban J connectivity index is 1.33. The van der Waals surface area contributed by atoms with Gasteiger partial charge in [0.2, 0.25) is 11.8 Å². The summed E-state index contributed by atoms with van der Waals surface area (Å²) >= 11 is 0. The molecule has 0 spiro atoms. The summed E-state index contributed by atoms with van der Waals surface area (Å²) in [4.78, 5) is 42.4. The largest absolute Gasteiger partial charge is 0.416 e. The SMILES string of the molecule is O=C(NC1CCN([C@H]2CC[C@@H](N3CCCC3=O)C[C@H]2CS(=O)(=O)c2ccccc2)C1=O)c1cccc(C(F)(F)F)c1. The highest BCUT2D eigenvalue weighted by Crippen LogP contribution is 2.37. The second-order valence-electron chi connectivity index (χ2n) is 11.0. The molecule has 2 aromatic carbocycles. The molecule has 2 heterocycles. The third-order valence-corrected chi connectivity index (χ3v) is 10.3. The van der Waals surface area contributed by atoms with Crippen molar-refractivity contribution in [3.8, 4) is 0 Å². The van der Waals surface area contributed by atoms with Crippen molar-refractivity contribution in [3.05, 3.63) is 65.7 Å². The second kappa shape index (κ2) is 11.5. The van der Waals surface area contributed by atoms with Crippen molar-refractivity contribution in [3.63, 3.8) is 0 Å². The van der Waals surface area contributed by atoms with Crippen LogP contribution in [0.3, 0.4) is 0 Å². The predicted octanol–water partition coefficient (Wildman–Crippen LogP) is 3.67. The van der Waals surface area contributed by atoms with Gasteiger partial charge in [0.15, 0.2) is 9.84 Å². The molecule has 5 rings (SSSR count). The van der Waals surface area contributed by atoms with Gasteiger partial charge in [-0.3, -0.25) is 14.4 Å². The number of sulfone groups is 1. The smallest absolute Gasteiger partial charge is 0.340 e. The van der Waals surface area contributed by atoms with E-state index < -0.39 is 45.5 Å². The molecular formula is C29H32F3N3O5S. The van der Waals surface area contributed by atoms with Crippen LogP contribution < -0.4 is 5.32 Å². The number of nitrogens with zero attached hydrogens (tertiary/aromatic N) is 2. The maximum Gasteiger partial charge on any atom is 0.416 e. The molecule has 0 aromatic heterocycles. The third-order valence-electron chi connectivity index (χ3n) is 8.40. The molecule has 2 saturated heterocycles. The molecule has 4 atom stereocenters. The average Bonchev–Trinajstić information content (AvgIpc) is 3.53. The van der Waals surface area contributed by atoms with Crippen molar-refractivity contribution in [1.82, 2.24) is 15.1 Å². The van der Waals surface area contributed by atoms with E-state index in [0.29, 0.717) is 32.2 Å². The van der Waals surface area contributed by atoms with Crippen molar-refractivity contribution in [2.45, 2.75) is 67.7 Å². The van der Waals surface area contributed by atoms with Gasteiger partial charge in [-0.25, -0.2) is 8.42 Å². The molecule has 3 fully saturated rings. The Morgan fingerprint density at radius 2 is 1.71 bits per heavy atom. The van der Waals surface area contributed by atoms with Crippen LogP contribution in [0.4, 0.5) is 13.2 Å². The molecule has 41 heavy (non-hydrogen) atoms. The molecule has 1 aliphatic carbocycles. The van der Waals surface area contributed by atoms with Crippen molar-refractivity contribution in [2.75, 3.05) is 18.8 Å². The lowest BCUT2D eigenvalue weighted by molar-refractivity contribution is -0.137. The zero-order valence-corrected chi connectivity index (χ0v) is 23.2. The van der Waals surface area contributed by atoms with Crippen LogP contribution in [-0.4, -0.2) is 72.9 Å². The van der Waals surface area contributed by atoms with Crippen molar-refractivity contribution in [2.24, 2.45) is 5.92 Å². The van der Waals surface area contributed by atoms with Crippen molar-refractivity contribution >= 4 is 27.6 Å². The van der Waals surface area contributed by atoms with Crippen LogP contribution in [0.15, 0.2) is 59.5 Å². The highest BCUT2D eigenvalue weighted by molar-refractivity contribution is 7.91. The number of carbonyl (C=O) groups is 3. The minimum Gasteiger partial charge on any atom is -0.340 e. The van der Waals surface area contributed by atoms with Gasteiger partial charge in [0.05, 0.1) is 16.2 Å². The van der Waals surface area contributed by atoms with E-state index in [9.17, 15) is 36.0 Å². The number of hydrogen-bond acceptors (Lipinski definition) is 5. The predicted molar refractivity (Wildman–Crippen MR) is 143 cm³/mol. The topological polar surface area (TPSA) is 104 Å². The van der Waals surface area contributed by atoms with E-state index in [1.54, 1.807) is 23.1 Å². The molecular weight excluding hydrogens is 559 g/mol. The molecule has 8 nitrogen and oxygen atoms in total. The first kappa shape index (κ1) is 29.1. The van der Waals surface area contributed by atoms with Gasteiger partial charge in [-0.2, -0.15) is 13.2 Å². The molecule has 2 aromatic rings. The number of amides is 3. The van der Waals surface area contributed by atoms with Gasteiger partial charge < -0.3 is 15.1 Å². The number of nitrogens with one attached hydrogen (secondary N) is 1. The van der Waals surface area contributed by atoms with Gasteiger partial charge in [-0.05, 0) is 68.4 Å². The summed E-state index contributed by atoms with van der Waals surface area (Å²) < 4.78 is 66.1. The lowest BCUT2D eigenvalue weighted by atomic mass is 9.81. The molecule has 1 N–H and O–H groups in total. The first-order chi connectivity index (χ1) is 19.4. The van der Waals surface area contributed by atoms with Crippen LogP contribution in [0, 0.1) is 5.92 Å². The second-order valence-corrected chi connectivity index (χ2v) is 13.0. The molecule has 3 amide bonds. The lowest BCUT2D eigenvalue weighted by Gasteiger charge is -2.43. The maximum absolute atomic E-state index is 13.5. The van der Waals surface area contributed by atoms with Crippen LogP contribution in [0.25, 0.3) is 0 Å². The van der Waals surface area contributed by atoms with E-state index in [1.807, 2.05) is 4.90 Å². The number of alkyl halides is 3. The minimum absolute atomic E-state index is 0.0627. The number of likely N-dealkylation sites (tertiary alicyclic amines) is 2. The van der Waals surface area contributed by atoms with Gasteiger partial charge in [-0.1, -0.05) is 24.3 Å². The van der Waals surface area contributed by atoms with Crippen LogP contribution >= 0.6 is 0 Å². The zero-order chi connectivity index (χ0) is 29.4. The molecule has 0 bridgehead atoms. The van der Waals surface area contributed by atoms with Crippen molar-refractivity contribution in [1.29, 1.82) is 0 Å². The van der Waals surface area contributed by atoms with E-state index in [2.05, 4.69) is 5.32 Å². The Bertz CT molecular complexity index is 1420. The first-order valence-electron chi connectivity index (χ1n) is 13.8. The molecule has 220 valence electrons. The summed E-state index contributed by atoms with van der Waals surface area (Å²) in [5.41, 5.74) is -1.16. The molecule has 12 heteroatoms. The fraction of sp³-hybridized carbons (Fsp3) is 0.483. The number of benzene rings is 2. The maximum atomic E-state index is 13.5. The Kier molecular flexibility index (Phi) is 8.13. The Labute approximate surface area is 236 Å². The summed E-state index contributed by atoms with van der Waals surface area (Å²) in [5, 5.41) is 2.57. The van der Waals surface area contributed by atoms with Gasteiger partial charge in [0, 0.05) is 37.2 Å². The van der Waals surface area contributed by atoms with Gasteiger partial charge in [0.25, 0.3) is 5.91 Å². The molecule has 1 saturated carbocycles. The first-order valence-corrected chi connectivity index (χ1v) is 15.4. The van der Waals surface area contributed by atoms with E-state index in [1.165, 1.54) is 18.2 Å². The summed E-state index contributed by atoms with van der Waals surface area (Å²) in [6.45, 7) is 0.921.